The first-order valence-electron chi connectivity index (χ1n) is 4.63. The lowest BCUT2D eigenvalue weighted by Gasteiger charge is -2.22. The Morgan fingerprint density at radius 3 is 2.39 bits per heavy atom. The molecule has 1 aromatic heterocycles. The standard InChI is InChI=1S/C9H12NO6P.HI/c1-10-5-3-2-4-7(10)6-9(13,8(11)12)17(14,15)16;/h2-5,13H,6H2,1H3,(H2-,11,12,14,15,16);1H. The van der Waals surface area contributed by atoms with Gasteiger partial charge in [-0.15, -0.1) is 0 Å². The van der Waals surface area contributed by atoms with Crippen LogP contribution in [0.2, 0.25) is 0 Å². The molecule has 18 heavy (non-hydrogen) atoms. The van der Waals surface area contributed by atoms with Gasteiger partial charge in [-0.05, 0) is 0 Å². The average Bonchev–Trinajstić information content (AvgIpc) is 2.19. The van der Waals surface area contributed by atoms with Crippen molar-refractivity contribution in [3.63, 3.8) is 0 Å². The molecule has 0 aliphatic rings. The third-order valence-electron chi connectivity index (χ3n) is 2.41. The Morgan fingerprint density at radius 1 is 1.44 bits per heavy atom. The van der Waals surface area contributed by atoms with E-state index in [1.165, 1.54) is 10.6 Å². The van der Waals surface area contributed by atoms with E-state index in [0.717, 1.165) is 0 Å². The van der Waals surface area contributed by atoms with Crippen LogP contribution in [-0.2, 0) is 22.8 Å². The molecule has 1 atom stereocenters. The normalized spacial score (nSPS) is 14.4. The van der Waals surface area contributed by atoms with Crippen molar-refractivity contribution in [3.05, 3.63) is 30.1 Å². The van der Waals surface area contributed by atoms with E-state index >= 15 is 0 Å². The smallest absolute Gasteiger partial charge is 0.369 e. The van der Waals surface area contributed by atoms with E-state index < -0.39 is 25.3 Å². The summed E-state index contributed by atoms with van der Waals surface area (Å²) in [5.41, 5.74) is 0.292. The first-order valence-corrected chi connectivity index (χ1v) is 6.24. The molecule has 1 unspecified atom stereocenters. The quantitative estimate of drug-likeness (QED) is 0.237. The second-order valence-electron chi connectivity index (χ2n) is 3.65. The van der Waals surface area contributed by atoms with Crippen LogP contribution in [-0.4, -0.2) is 31.3 Å². The minimum atomic E-state index is -5.19. The number of aromatic nitrogens is 1. The summed E-state index contributed by atoms with van der Waals surface area (Å²) in [5.74, 6) is -1.95. The van der Waals surface area contributed by atoms with E-state index in [1.807, 2.05) is 0 Å². The molecule has 0 radical (unpaired) electrons. The predicted octanol–water partition coefficient (Wildman–Crippen LogP) is -3.99. The number of carboxylic acids is 1. The molecule has 0 saturated carbocycles. The van der Waals surface area contributed by atoms with Crippen molar-refractivity contribution < 1.29 is 57.9 Å². The van der Waals surface area contributed by atoms with Gasteiger partial charge in [0, 0.05) is 12.1 Å². The number of hydrogen-bond donors (Lipinski definition) is 4. The molecule has 0 aliphatic carbocycles. The monoisotopic (exact) mass is 389 g/mol. The molecule has 0 saturated heterocycles. The molecule has 0 aliphatic heterocycles. The van der Waals surface area contributed by atoms with Gasteiger partial charge in [-0.25, -0.2) is 9.36 Å². The number of carboxylic acid groups (broad SMARTS) is 1. The van der Waals surface area contributed by atoms with Gasteiger partial charge in [0.25, 0.3) is 5.34 Å². The van der Waals surface area contributed by atoms with Crippen LogP contribution in [0, 0.1) is 0 Å². The largest absolute Gasteiger partial charge is 1.00 e. The Hall–Kier alpha value is -0.540. The highest BCUT2D eigenvalue weighted by atomic mass is 127. The fourth-order valence-electron chi connectivity index (χ4n) is 1.30. The molecule has 102 valence electrons. The van der Waals surface area contributed by atoms with Gasteiger partial charge in [-0.2, -0.15) is 0 Å². The van der Waals surface area contributed by atoms with Crippen LogP contribution in [0.3, 0.4) is 0 Å². The predicted molar refractivity (Wildman–Crippen MR) is 56.0 cm³/mol. The minimum Gasteiger partial charge on any atom is -1.00 e. The Kier molecular flexibility index (Phi) is 5.89. The molecule has 1 heterocycles. The van der Waals surface area contributed by atoms with Crippen molar-refractivity contribution in [2.75, 3.05) is 0 Å². The van der Waals surface area contributed by atoms with Crippen molar-refractivity contribution in [1.29, 1.82) is 0 Å². The van der Waals surface area contributed by atoms with Gasteiger partial charge >= 0.3 is 13.6 Å². The van der Waals surface area contributed by atoms with Crippen molar-refractivity contribution in [2.24, 2.45) is 7.05 Å². The third kappa shape index (κ3) is 3.48. The lowest BCUT2D eigenvalue weighted by Crippen LogP contribution is -3.00. The number of carbonyl (C=O) groups is 1. The summed E-state index contributed by atoms with van der Waals surface area (Å²) < 4.78 is 12.5. The minimum absolute atomic E-state index is 0. The van der Waals surface area contributed by atoms with E-state index in [-0.39, 0.29) is 24.0 Å². The molecule has 0 aromatic carbocycles. The number of aliphatic carboxylic acids is 1. The molecule has 1 rings (SSSR count). The van der Waals surface area contributed by atoms with E-state index in [9.17, 15) is 14.5 Å². The van der Waals surface area contributed by atoms with Crippen molar-refractivity contribution in [1.82, 2.24) is 0 Å². The Labute approximate surface area is 120 Å². The molecule has 7 nitrogen and oxygen atoms in total. The van der Waals surface area contributed by atoms with Gasteiger partial charge in [0.15, 0.2) is 11.9 Å². The molecular weight excluding hydrogens is 376 g/mol. The Bertz CT molecular complexity index is 490. The lowest BCUT2D eigenvalue weighted by molar-refractivity contribution is -0.679. The Balaban J connectivity index is 0.00000289. The highest BCUT2D eigenvalue weighted by Gasteiger charge is 2.54. The van der Waals surface area contributed by atoms with E-state index in [4.69, 9.17) is 14.9 Å². The van der Waals surface area contributed by atoms with Gasteiger partial charge in [-0.1, -0.05) is 6.07 Å². The zero-order chi connectivity index (χ0) is 13.3. The fraction of sp³-hybridized carbons (Fsp3) is 0.333. The van der Waals surface area contributed by atoms with Crippen LogP contribution in [0.4, 0.5) is 0 Å². The number of aryl methyl sites for hydroxylation is 1. The van der Waals surface area contributed by atoms with E-state index in [2.05, 4.69) is 0 Å². The molecule has 9 heteroatoms. The molecule has 0 bridgehead atoms. The molecular formula is C9H13INO6P. The number of halogens is 1. The highest BCUT2D eigenvalue weighted by molar-refractivity contribution is 7.54. The molecule has 0 fully saturated rings. The van der Waals surface area contributed by atoms with Crippen molar-refractivity contribution in [2.45, 2.75) is 11.8 Å². The van der Waals surface area contributed by atoms with E-state index in [1.54, 1.807) is 25.4 Å². The maximum atomic E-state index is 11.1. The van der Waals surface area contributed by atoms with Crippen molar-refractivity contribution in [3.8, 4) is 0 Å². The van der Waals surface area contributed by atoms with Gasteiger partial charge in [-0.3, -0.25) is 4.57 Å². The molecule has 0 amide bonds. The second-order valence-corrected chi connectivity index (χ2v) is 5.47. The van der Waals surface area contributed by atoms with Crippen LogP contribution >= 0.6 is 7.60 Å². The summed E-state index contributed by atoms with van der Waals surface area (Å²) in [6.07, 6.45) is 0.904. The van der Waals surface area contributed by atoms with Gasteiger partial charge < -0.3 is 44.0 Å². The maximum Gasteiger partial charge on any atom is 0.369 e. The Morgan fingerprint density at radius 2 is 2.00 bits per heavy atom. The number of nitrogens with zero attached hydrogens (tertiary/aromatic N) is 1. The summed E-state index contributed by atoms with van der Waals surface area (Å²) >= 11 is 0. The SMILES string of the molecule is C[n+]1ccccc1CC(O)(C(=O)O)P(=O)(O)O.[I-]. The summed E-state index contributed by atoms with van der Waals surface area (Å²) in [4.78, 5) is 28.7. The first-order chi connectivity index (χ1) is 7.68. The summed E-state index contributed by atoms with van der Waals surface area (Å²) in [7, 11) is -3.61. The fourth-order valence-corrected chi connectivity index (χ4v) is 1.92. The van der Waals surface area contributed by atoms with Gasteiger partial charge in [0.05, 0.1) is 6.42 Å². The summed E-state index contributed by atoms with van der Waals surface area (Å²) in [6, 6.07) is 4.72. The summed E-state index contributed by atoms with van der Waals surface area (Å²) in [6.45, 7) is 0. The van der Waals surface area contributed by atoms with E-state index in [0.29, 0.717) is 5.69 Å². The zero-order valence-corrected chi connectivity index (χ0v) is 12.4. The number of hydrogen-bond acceptors (Lipinski definition) is 3. The molecule has 1 aromatic rings. The van der Waals surface area contributed by atoms with Crippen LogP contribution in [0.1, 0.15) is 5.69 Å². The number of pyridine rings is 1. The van der Waals surface area contributed by atoms with Gasteiger partial charge in [0.1, 0.15) is 7.05 Å². The second kappa shape index (κ2) is 6.07. The van der Waals surface area contributed by atoms with Crippen LogP contribution in [0.15, 0.2) is 24.4 Å². The van der Waals surface area contributed by atoms with Crippen molar-refractivity contribution >= 4 is 13.6 Å². The molecule has 4 N–H and O–H groups in total. The third-order valence-corrected chi connectivity index (χ3v) is 3.73. The summed E-state index contributed by atoms with van der Waals surface area (Å²) in [5, 5.41) is 15.3. The van der Waals surface area contributed by atoms with Crippen LogP contribution < -0.4 is 28.5 Å². The highest BCUT2D eigenvalue weighted by Crippen LogP contribution is 2.50. The number of rotatable bonds is 4. The topological polar surface area (TPSA) is 119 Å². The number of aliphatic hydroxyl groups is 1. The zero-order valence-electron chi connectivity index (χ0n) is 9.39. The molecule has 0 spiro atoms. The first kappa shape index (κ1) is 17.5. The van der Waals surface area contributed by atoms with Crippen LogP contribution in [0.25, 0.3) is 0 Å². The van der Waals surface area contributed by atoms with Gasteiger partial charge in [0.2, 0.25) is 0 Å². The maximum absolute atomic E-state index is 11.1. The lowest BCUT2D eigenvalue weighted by atomic mass is 10.1. The van der Waals surface area contributed by atoms with Crippen LogP contribution in [0.5, 0.6) is 0 Å². The average molecular weight is 389 g/mol.